The second kappa shape index (κ2) is 38.3. The number of carbonyl (C=O) groups is 3. The number of unbranched alkanes of at least 4 members (excludes halogenated alkanes) is 24. The first kappa shape index (κ1) is 60.3. The summed E-state index contributed by atoms with van der Waals surface area (Å²) in [5.41, 5.74) is 0. The van der Waals surface area contributed by atoms with Crippen LogP contribution in [0, 0.1) is 0 Å². The molecule has 1 saturated heterocycles. The molecular formula is C48H92NO14P. The van der Waals surface area contributed by atoms with Gasteiger partial charge in [-0.15, -0.1) is 0 Å². The Morgan fingerprint density at radius 3 is 1.41 bits per heavy atom. The Balaban J connectivity index is 2.99. The molecule has 15 nitrogen and oxygen atoms in total. The number of ether oxygens (including phenoxy) is 3. The molecule has 16 heteroatoms. The minimum Gasteiger partial charge on any atom is -0.462 e. The topological polar surface area (TPSA) is 239 Å². The summed E-state index contributed by atoms with van der Waals surface area (Å²) in [5.74, 6) is -2.40. The molecule has 0 spiro atoms. The second-order valence-corrected chi connectivity index (χ2v) is 19.4. The van der Waals surface area contributed by atoms with Gasteiger partial charge >= 0.3 is 19.8 Å². The molecule has 0 bridgehead atoms. The highest BCUT2D eigenvalue weighted by atomic mass is 31.2. The van der Waals surface area contributed by atoms with Gasteiger partial charge in [0.1, 0.15) is 24.4 Å². The Labute approximate surface area is 386 Å². The first-order valence-corrected chi connectivity index (χ1v) is 27.0. The number of phosphoric acid groups is 1. The van der Waals surface area contributed by atoms with Crippen LogP contribution in [0.4, 0.5) is 0 Å². The van der Waals surface area contributed by atoms with Gasteiger partial charge in [0.05, 0.1) is 38.1 Å². The fourth-order valence-corrected chi connectivity index (χ4v) is 8.96. The summed E-state index contributed by atoms with van der Waals surface area (Å²) < 4.78 is 33.9. The molecule has 7 N–H and O–H groups in total. The van der Waals surface area contributed by atoms with Gasteiger partial charge in [-0.3, -0.25) is 18.9 Å². The molecule has 378 valence electrons. The maximum absolute atomic E-state index is 13.7. The molecule has 0 aliphatic carbocycles. The van der Waals surface area contributed by atoms with Crippen molar-refractivity contribution in [1.82, 2.24) is 5.32 Å². The highest BCUT2D eigenvalue weighted by molar-refractivity contribution is 7.46. The molecule has 0 saturated carbocycles. The fourth-order valence-electron chi connectivity index (χ4n) is 8.39. The Morgan fingerprint density at radius 2 is 0.984 bits per heavy atom. The van der Waals surface area contributed by atoms with Crippen LogP contribution in [-0.2, 0) is 37.7 Å². The normalized spacial score (nSPS) is 20.4. The van der Waals surface area contributed by atoms with E-state index in [4.69, 9.17) is 18.7 Å². The Hall–Kier alpha value is -1.68. The predicted molar refractivity (Wildman–Crippen MR) is 248 cm³/mol. The van der Waals surface area contributed by atoms with E-state index >= 15 is 0 Å². The molecule has 0 aromatic heterocycles. The lowest BCUT2D eigenvalue weighted by atomic mass is 9.96. The van der Waals surface area contributed by atoms with Crippen molar-refractivity contribution in [1.29, 1.82) is 0 Å². The smallest absolute Gasteiger partial charge is 0.462 e. The average molecular weight is 938 g/mol. The molecule has 1 aliphatic heterocycles. The molecule has 64 heavy (non-hydrogen) atoms. The van der Waals surface area contributed by atoms with Gasteiger partial charge in [-0.1, -0.05) is 188 Å². The predicted octanol–water partition coefficient (Wildman–Crippen LogP) is 9.14. The number of esters is 2. The molecule has 0 radical (unpaired) electrons. The van der Waals surface area contributed by atoms with Gasteiger partial charge in [0.25, 0.3) is 0 Å². The van der Waals surface area contributed by atoms with Crippen molar-refractivity contribution in [2.24, 2.45) is 0 Å². The van der Waals surface area contributed by atoms with Crippen LogP contribution in [0.15, 0.2) is 0 Å². The Bertz CT molecular complexity index is 1220. The largest absolute Gasteiger partial charge is 0.470 e. The van der Waals surface area contributed by atoms with Gasteiger partial charge in [-0.25, -0.2) is 4.57 Å². The summed E-state index contributed by atoms with van der Waals surface area (Å²) in [6.07, 6.45) is 19.3. The third-order valence-corrected chi connectivity index (χ3v) is 12.6. The van der Waals surface area contributed by atoms with Gasteiger partial charge in [0.2, 0.25) is 5.91 Å². The van der Waals surface area contributed by atoms with Gasteiger partial charge in [-0.05, 0) is 25.7 Å². The zero-order valence-corrected chi connectivity index (χ0v) is 41.0. The first-order valence-electron chi connectivity index (χ1n) is 25.5. The Morgan fingerprint density at radius 1 is 0.578 bits per heavy atom. The van der Waals surface area contributed by atoms with Crippen LogP contribution in [0.25, 0.3) is 0 Å². The van der Waals surface area contributed by atoms with E-state index in [1.165, 1.54) is 89.9 Å². The number of hydrogen-bond acceptors (Lipinski definition) is 12. The van der Waals surface area contributed by atoms with Crippen LogP contribution in [-0.4, -0.2) is 104 Å². The lowest BCUT2D eigenvalue weighted by Gasteiger charge is -2.43. The number of aliphatic hydroxyl groups is 4. The zero-order chi connectivity index (χ0) is 47.4. The molecule has 0 aromatic rings. The lowest BCUT2D eigenvalue weighted by Crippen LogP contribution is -2.65. The van der Waals surface area contributed by atoms with E-state index in [0.29, 0.717) is 32.1 Å². The van der Waals surface area contributed by atoms with E-state index in [9.17, 15) is 49.2 Å². The van der Waals surface area contributed by atoms with Crippen molar-refractivity contribution in [2.45, 2.75) is 282 Å². The summed E-state index contributed by atoms with van der Waals surface area (Å²) in [5, 5.41) is 44.8. The van der Waals surface area contributed by atoms with Gasteiger partial charge in [0.15, 0.2) is 12.4 Å². The molecule has 1 aliphatic rings. The van der Waals surface area contributed by atoms with Crippen molar-refractivity contribution in [3.63, 3.8) is 0 Å². The molecule has 1 amide bonds. The molecule has 1 heterocycles. The average Bonchev–Trinajstić information content (AvgIpc) is 3.23. The molecule has 1 rings (SSSR count). The molecule has 1 fully saturated rings. The van der Waals surface area contributed by atoms with Crippen molar-refractivity contribution in [3.05, 3.63) is 0 Å². The summed E-state index contributed by atoms with van der Waals surface area (Å²) >= 11 is 0. The third-order valence-electron chi connectivity index (χ3n) is 12.1. The maximum Gasteiger partial charge on any atom is 0.470 e. The third kappa shape index (κ3) is 31.3. The summed E-state index contributed by atoms with van der Waals surface area (Å²) in [7, 11) is -5.32. The van der Waals surface area contributed by atoms with Crippen molar-refractivity contribution < 1.29 is 67.9 Å². The maximum atomic E-state index is 13.7. The number of aliphatic hydroxyl groups excluding tert-OH is 4. The van der Waals surface area contributed by atoms with E-state index in [2.05, 4.69) is 26.1 Å². The fraction of sp³-hybridized carbons (Fsp3) is 0.938. The van der Waals surface area contributed by atoms with E-state index in [0.717, 1.165) is 70.6 Å². The molecule has 1 unspecified atom stereocenters. The zero-order valence-electron chi connectivity index (χ0n) is 40.1. The number of carbonyl (C=O) groups excluding carboxylic acids is 3. The molecule has 8 atom stereocenters. The van der Waals surface area contributed by atoms with Crippen LogP contribution in [0.1, 0.15) is 233 Å². The second-order valence-electron chi connectivity index (χ2n) is 18.2. The van der Waals surface area contributed by atoms with E-state index in [1.54, 1.807) is 0 Å². The summed E-state index contributed by atoms with van der Waals surface area (Å²) in [6.45, 7) is 5.65. The number of rotatable bonds is 42. The van der Waals surface area contributed by atoms with E-state index in [1.807, 2.05) is 0 Å². The highest BCUT2D eigenvalue weighted by Gasteiger charge is 2.51. The van der Waals surface area contributed by atoms with Crippen LogP contribution in [0.5, 0.6) is 0 Å². The van der Waals surface area contributed by atoms with E-state index < -0.39 is 87.7 Å². The number of phosphoric ester groups is 1. The molecule has 0 aromatic carbocycles. The van der Waals surface area contributed by atoms with E-state index in [-0.39, 0.29) is 12.8 Å². The highest BCUT2D eigenvalue weighted by Crippen LogP contribution is 2.42. The Kier molecular flexibility index (Phi) is 36.1. The minimum atomic E-state index is -5.32. The number of nitrogens with one attached hydrogen (secondary N) is 1. The number of amides is 1. The van der Waals surface area contributed by atoms with Crippen molar-refractivity contribution >= 4 is 25.7 Å². The first-order chi connectivity index (χ1) is 30.7. The monoisotopic (exact) mass is 938 g/mol. The number of hydrogen-bond donors (Lipinski definition) is 7. The van der Waals surface area contributed by atoms with Crippen LogP contribution in [0.2, 0.25) is 0 Å². The van der Waals surface area contributed by atoms with Gasteiger partial charge in [0, 0.05) is 0 Å². The van der Waals surface area contributed by atoms with Crippen LogP contribution < -0.4 is 5.32 Å². The minimum absolute atomic E-state index is 0.248. The summed E-state index contributed by atoms with van der Waals surface area (Å²) in [4.78, 5) is 59.6. The van der Waals surface area contributed by atoms with Crippen LogP contribution >= 0.6 is 7.82 Å². The molecular weight excluding hydrogens is 845 g/mol. The van der Waals surface area contributed by atoms with Gasteiger partial charge in [-0.2, -0.15) is 0 Å². The SMILES string of the molecule is CCCCCCCCCCC[C@@H](O)CC(=O)N[C@H]1C(O)O[C@H](CO)[C@@H](OP(=O)(O)O)[C@@H]1OC(=O)C[C@@H](CCCCCCCCCCC)OC(=O)C[C@H](O)CCCCCCCCCCC. The van der Waals surface area contributed by atoms with Crippen molar-refractivity contribution in [3.8, 4) is 0 Å². The lowest BCUT2D eigenvalue weighted by molar-refractivity contribution is -0.256. The summed E-state index contributed by atoms with van der Waals surface area (Å²) in [6, 6.07) is -1.62. The van der Waals surface area contributed by atoms with Crippen molar-refractivity contribution in [2.75, 3.05) is 6.61 Å². The van der Waals surface area contributed by atoms with Crippen LogP contribution in [0.3, 0.4) is 0 Å². The quantitative estimate of drug-likeness (QED) is 0.0172. The van der Waals surface area contributed by atoms with Gasteiger partial charge < -0.3 is 49.7 Å². The standard InChI is InChI=1S/C48H92NO14P/c1-4-7-10-13-16-19-22-25-28-31-38(51)34-42(53)49-45-47(46(63-64(57,58)59)41(37-50)61-48(45)56)62-44(55)36-40(33-30-27-24-21-18-15-12-9-6-3)60-43(54)35-39(52)32-29-26-23-20-17-14-11-8-5-2/h38-41,45-48,50-52,56H,4-37H2,1-3H3,(H,49,53)(H2,57,58,59)/t38-,39-,40-,41-,45-,46-,47-,48?/m1/s1.